The highest BCUT2D eigenvalue weighted by Gasteiger charge is 2.24. The van der Waals surface area contributed by atoms with Gasteiger partial charge in [-0.3, -0.25) is 9.59 Å². The molecule has 1 aromatic heterocycles. The van der Waals surface area contributed by atoms with Gasteiger partial charge in [0.15, 0.2) is 5.78 Å². The first kappa shape index (κ1) is 25.7. The van der Waals surface area contributed by atoms with Gasteiger partial charge < -0.3 is 20.0 Å². The lowest BCUT2D eigenvalue weighted by molar-refractivity contribution is -0.118. The van der Waals surface area contributed by atoms with Crippen LogP contribution in [0.4, 0.5) is 0 Å². The van der Waals surface area contributed by atoms with Gasteiger partial charge in [-0.2, -0.15) is 0 Å². The van der Waals surface area contributed by atoms with Crippen LogP contribution in [0.3, 0.4) is 0 Å². The Hall–Kier alpha value is -3.36. The van der Waals surface area contributed by atoms with Crippen molar-refractivity contribution in [2.75, 3.05) is 0 Å². The van der Waals surface area contributed by atoms with Crippen LogP contribution >= 0.6 is 31.9 Å². The zero-order valence-electron chi connectivity index (χ0n) is 19.2. The van der Waals surface area contributed by atoms with Gasteiger partial charge in [0.2, 0.25) is 5.91 Å². The molecule has 4 rings (SSSR count). The predicted octanol–water partition coefficient (Wildman–Crippen LogP) is 6.84. The molecule has 36 heavy (non-hydrogen) atoms. The first-order valence-corrected chi connectivity index (χ1v) is 12.8. The number of nitrogens with two attached hydrogens (primary N) is 1. The van der Waals surface area contributed by atoms with Gasteiger partial charge in [0, 0.05) is 36.3 Å². The molecule has 0 radical (unpaired) electrons. The van der Waals surface area contributed by atoms with Crippen LogP contribution in [0.5, 0.6) is 11.5 Å². The summed E-state index contributed by atoms with van der Waals surface area (Å²) in [5, 5.41) is 10.7. The number of carbonyl (C=O) groups excluding carboxylic acids is 2. The number of aryl methyl sites for hydroxylation is 1. The van der Waals surface area contributed by atoms with Gasteiger partial charge in [0.25, 0.3) is 0 Å². The first-order valence-electron chi connectivity index (χ1n) is 11.2. The van der Waals surface area contributed by atoms with E-state index in [4.69, 9.17) is 14.9 Å². The summed E-state index contributed by atoms with van der Waals surface area (Å²) in [5.41, 5.74) is 7.62. The summed E-state index contributed by atoms with van der Waals surface area (Å²) in [4.78, 5) is 24.9. The smallest absolute Gasteiger partial charge is 0.217 e. The van der Waals surface area contributed by atoms with Crippen molar-refractivity contribution in [3.63, 3.8) is 0 Å². The molecule has 3 aromatic carbocycles. The van der Waals surface area contributed by atoms with Crippen molar-refractivity contribution in [3.8, 4) is 11.5 Å². The summed E-state index contributed by atoms with van der Waals surface area (Å²) in [5.74, 6) is 0.878. The number of carbonyl (C=O) groups is 2. The first-order chi connectivity index (χ1) is 17.2. The summed E-state index contributed by atoms with van der Waals surface area (Å²) >= 11 is 6.56. The number of primary amides is 1. The molecule has 0 bridgehead atoms. The van der Waals surface area contributed by atoms with E-state index in [1.165, 1.54) is 0 Å². The molecule has 0 atom stereocenters. The van der Waals surface area contributed by atoms with Crippen LogP contribution in [-0.2, 0) is 17.6 Å². The van der Waals surface area contributed by atoms with Crippen molar-refractivity contribution in [1.29, 1.82) is 0 Å². The van der Waals surface area contributed by atoms with E-state index < -0.39 is 5.91 Å². The topological polar surface area (TPSA) is 103 Å². The third kappa shape index (κ3) is 5.88. The highest BCUT2D eigenvalue weighted by molar-refractivity contribution is 9.11. The lowest BCUT2D eigenvalue weighted by Gasteiger charge is -2.09. The number of hydrogen-bond acceptors (Lipinski definition) is 5. The molecule has 0 unspecified atom stereocenters. The molecule has 0 fully saturated rings. The maximum absolute atomic E-state index is 13.6. The van der Waals surface area contributed by atoms with Crippen molar-refractivity contribution >= 4 is 54.5 Å². The monoisotopic (exact) mass is 611 g/mol. The number of fused-ring (bicyclic) bond motifs is 1. The molecule has 8 heteroatoms. The number of amides is 1. The Labute approximate surface area is 225 Å². The average Bonchev–Trinajstić information content (AvgIpc) is 3.19. The van der Waals surface area contributed by atoms with Gasteiger partial charge in [-0.15, -0.1) is 0 Å². The minimum Gasteiger partial charge on any atom is -0.506 e. The third-order valence-electron chi connectivity index (χ3n) is 5.57. The second-order valence-corrected chi connectivity index (χ2v) is 10.0. The summed E-state index contributed by atoms with van der Waals surface area (Å²) in [7, 11) is 0. The van der Waals surface area contributed by atoms with Gasteiger partial charge in [-0.05, 0) is 68.1 Å². The SMILES string of the molecule is C=C(Cc1ccccc1)Oc1ccc2c(C(=O)c3cc(Br)c(O)c(Br)c3)c(CCCC(N)=O)oc2c1. The lowest BCUT2D eigenvalue weighted by atomic mass is 9.98. The number of halogens is 2. The van der Waals surface area contributed by atoms with E-state index >= 15 is 0 Å². The molecular weight excluding hydrogens is 590 g/mol. The van der Waals surface area contributed by atoms with Crippen LogP contribution in [-0.4, -0.2) is 16.8 Å². The third-order valence-corrected chi connectivity index (χ3v) is 6.78. The van der Waals surface area contributed by atoms with Gasteiger partial charge in [0.05, 0.1) is 14.5 Å². The molecular formula is C28H23Br2NO5. The Morgan fingerprint density at radius 3 is 2.39 bits per heavy atom. The number of phenolic OH excluding ortho intramolecular Hbond substituents is 1. The number of phenols is 1. The Kier molecular flexibility index (Phi) is 7.96. The van der Waals surface area contributed by atoms with E-state index in [9.17, 15) is 14.7 Å². The van der Waals surface area contributed by atoms with Crippen molar-refractivity contribution in [2.45, 2.75) is 25.7 Å². The van der Waals surface area contributed by atoms with Crippen LogP contribution in [0, 0.1) is 0 Å². The number of rotatable bonds is 10. The number of aromatic hydroxyl groups is 1. The summed E-state index contributed by atoms with van der Waals surface area (Å²) < 4.78 is 12.8. The number of allylic oxidation sites excluding steroid dienone is 1. The normalized spacial score (nSPS) is 10.9. The maximum atomic E-state index is 13.6. The molecule has 3 N–H and O–H groups in total. The van der Waals surface area contributed by atoms with Gasteiger partial charge >= 0.3 is 0 Å². The van der Waals surface area contributed by atoms with E-state index in [1.54, 1.807) is 30.3 Å². The second kappa shape index (κ2) is 11.1. The predicted molar refractivity (Wildman–Crippen MR) is 145 cm³/mol. The molecule has 0 aliphatic rings. The Balaban J connectivity index is 1.67. The Morgan fingerprint density at radius 2 is 1.72 bits per heavy atom. The molecule has 184 valence electrons. The Bertz CT molecular complexity index is 1440. The van der Waals surface area contributed by atoms with Crippen molar-refractivity contribution < 1.29 is 23.8 Å². The lowest BCUT2D eigenvalue weighted by Crippen LogP contribution is -2.10. The van der Waals surface area contributed by atoms with E-state index in [0.717, 1.165) is 5.56 Å². The fourth-order valence-corrected chi connectivity index (χ4v) is 5.09. The highest BCUT2D eigenvalue weighted by Crippen LogP contribution is 2.37. The van der Waals surface area contributed by atoms with Crippen LogP contribution < -0.4 is 10.5 Å². The zero-order valence-corrected chi connectivity index (χ0v) is 22.4. The number of benzene rings is 3. The van der Waals surface area contributed by atoms with Crippen LogP contribution in [0.15, 0.2) is 86.4 Å². The van der Waals surface area contributed by atoms with Crippen molar-refractivity contribution in [1.82, 2.24) is 0 Å². The fraction of sp³-hybridized carbons (Fsp3) is 0.143. The van der Waals surface area contributed by atoms with Crippen molar-refractivity contribution in [2.24, 2.45) is 5.73 Å². The van der Waals surface area contributed by atoms with Gasteiger partial charge in [-0.25, -0.2) is 0 Å². The highest BCUT2D eigenvalue weighted by atomic mass is 79.9. The molecule has 0 aliphatic carbocycles. The average molecular weight is 613 g/mol. The van der Waals surface area contributed by atoms with E-state index in [0.29, 0.717) is 67.6 Å². The number of furan rings is 1. The maximum Gasteiger partial charge on any atom is 0.217 e. The van der Waals surface area contributed by atoms with Crippen LogP contribution in [0.25, 0.3) is 11.0 Å². The zero-order chi connectivity index (χ0) is 25.8. The molecule has 1 heterocycles. The number of hydrogen-bond donors (Lipinski definition) is 2. The quantitative estimate of drug-likeness (QED) is 0.151. The second-order valence-electron chi connectivity index (χ2n) is 8.30. The number of ketones is 1. The standard InChI is InChI=1S/C28H23Br2NO5/c1-16(12-17-6-3-2-4-7-17)35-19-10-11-20-24(15-19)36-23(8-5-9-25(31)32)26(20)27(33)18-13-21(29)28(34)22(30)14-18/h2-4,6-7,10-11,13-15,34H,1,5,8-9,12H2,(H2,31,32). The van der Waals surface area contributed by atoms with Crippen LogP contribution in [0.1, 0.15) is 40.1 Å². The van der Waals surface area contributed by atoms with E-state index in [2.05, 4.69) is 38.4 Å². The number of ether oxygens (including phenoxy) is 1. The van der Waals surface area contributed by atoms with Gasteiger partial charge in [-0.1, -0.05) is 36.9 Å². The molecule has 0 saturated heterocycles. The largest absolute Gasteiger partial charge is 0.506 e. The van der Waals surface area contributed by atoms with Crippen LogP contribution in [0.2, 0.25) is 0 Å². The molecule has 1 amide bonds. The summed E-state index contributed by atoms with van der Waals surface area (Å²) in [6.45, 7) is 4.02. The van der Waals surface area contributed by atoms with Crippen molar-refractivity contribution in [3.05, 3.63) is 104 Å². The minimum atomic E-state index is -0.419. The summed E-state index contributed by atoms with van der Waals surface area (Å²) in [6.07, 6.45) is 1.53. The van der Waals surface area contributed by atoms with E-state index in [1.807, 2.05) is 30.3 Å². The molecule has 0 spiro atoms. The molecule has 4 aromatic rings. The van der Waals surface area contributed by atoms with E-state index in [-0.39, 0.29) is 18.0 Å². The summed E-state index contributed by atoms with van der Waals surface area (Å²) in [6, 6.07) is 18.2. The molecule has 0 saturated carbocycles. The fourth-order valence-electron chi connectivity index (χ4n) is 3.91. The minimum absolute atomic E-state index is 0.00260. The van der Waals surface area contributed by atoms with Gasteiger partial charge in [0.1, 0.15) is 28.6 Å². The molecule has 6 nitrogen and oxygen atoms in total. The molecule has 0 aliphatic heterocycles. The Morgan fingerprint density at radius 1 is 1.03 bits per heavy atom.